The number of hydrogen-bond donors (Lipinski definition) is 0. The largest absolute Gasteiger partial charge is 0.309 e. The lowest BCUT2D eigenvalue weighted by atomic mass is 9.89. The Morgan fingerprint density at radius 2 is 0.794 bits per heavy atom. The lowest BCUT2D eigenvalue weighted by molar-refractivity contribution is 1.30. The van der Waals surface area contributed by atoms with Crippen LogP contribution >= 0.6 is 22.7 Å². The predicted octanol–water partition coefficient (Wildman–Crippen LogP) is 18.4. The third-order valence-corrected chi connectivity index (χ3v) is 15.3. The molecule has 2 heterocycles. The number of benzene rings is 11. The normalized spacial score (nSPS) is 11.8. The predicted molar refractivity (Wildman–Crippen MR) is 276 cm³/mol. The Labute approximate surface area is 373 Å². The number of thiophene rings is 2. The maximum absolute atomic E-state index is 2.53. The van der Waals surface area contributed by atoms with Crippen LogP contribution < -0.4 is 4.90 Å². The van der Waals surface area contributed by atoms with Gasteiger partial charge in [0.1, 0.15) is 0 Å². The number of nitrogens with zero attached hydrogens (tertiary/aromatic N) is 1. The monoisotopic (exact) mass is 835 g/mol. The van der Waals surface area contributed by atoms with Crippen molar-refractivity contribution in [3.8, 4) is 33.4 Å². The third-order valence-electron chi connectivity index (χ3n) is 12.8. The van der Waals surface area contributed by atoms with E-state index in [0.717, 1.165) is 17.1 Å². The SMILES string of the molecule is c1cc(-c2cccc3c2sc2ccccc23)cc(N(c2ccc(-c3cccc4c3sc3ccccc34)cc2)c2c(-c3ccc4ccccc4c3)c3ccccc3c3ccccc23)c1. The molecule has 0 atom stereocenters. The first-order valence-corrected chi connectivity index (χ1v) is 23.1. The molecule has 13 aromatic rings. The summed E-state index contributed by atoms with van der Waals surface area (Å²) in [5.74, 6) is 0. The lowest BCUT2D eigenvalue weighted by Gasteiger charge is -2.31. The maximum atomic E-state index is 2.53. The van der Waals surface area contributed by atoms with Crippen molar-refractivity contribution in [1.82, 2.24) is 0 Å². The first-order valence-electron chi connectivity index (χ1n) is 21.5. The molecule has 294 valence electrons. The first kappa shape index (κ1) is 36.1. The van der Waals surface area contributed by atoms with Crippen LogP contribution in [0.4, 0.5) is 17.1 Å². The molecule has 63 heavy (non-hydrogen) atoms. The molecule has 3 heteroatoms. The Morgan fingerprint density at radius 3 is 1.48 bits per heavy atom. The Balaban J connectivity index is 1.08. The molecule has 11 aromatic carbocycles. The smallest absolute Gasteiger partial charge is 0.0624 e. The quantitative estimate of drug-likeness (QED) is 0.151. The maximum Gasteiger partial charge on any atom is 0.0624 e. The zero-order chi connectivity index (χ0) is 41.4. The van der Waals surface area contributed by atoms with E-state index in [2.05, 4.69) is 229 Å². The molecule has 1 nitrogen and oxygen atoms in total. The molecular formula is C60H37NS2. The number of rotatable bonds is 6. The van der Waals surface area contributed by atoms with E-state index in [1.807, 2.05) is 22.7 Å². The first-order chi connectivity index (χ1) is 31.2. The van der Waals surface area contributed by atoms with Gasteiger partial charge in [-0.15, -0.1) is 22.7 Å². The fraction of sp³-hybridized carbons (Fsp3) is 0. The summed E-state index contributed by atoms with van der Waals surface area (Å²) in [6.45, 7) is 0. The molecule has 0 bridgehead atoms. The molecular weight excluding hydrogens is 799 g/mol. The Morgan fingerprint density at radius 1 is 0.286 bits per heavy atom. The van der Waals surface area contributed by atoms with E-state index in [-0.39, 0.29) is 0 Å². The minimum atomic E-state index is 1.10. The topological polar surface area (TPSA) is 3.24 Å². The molecule has 13 rings (SSSR count). The standard InChI is InChI=1S/C60H37NS2/c1-2-15-40-36-42(31-30-38(40)14-1)57-51-22-5-3-18-47(51)48-19-4-6-23-52(48)58(57)61(43-34-32-39(33-35-43)45-24-12-26-53-49-20-7-9-28-55(49)62-59(45)53)44-17-11-16-41(37-44)46-25-13-27-54-50-21-8-10-29-56(50)63-60(46)54/h1-37H. The fourth-order valence-corrected chi connectivity index (χ4v) is 12.4. The molecule has 0 spiro atoms. The summed E-state index contributed by atoms with van der Waals surface area (Å²) in [5.41, 5.74) is 10.7. The highest BCUT2D eigenvalue weighted by atomic mass is 32.1. The van der Waals surface area contributed by atoms with Crippen LogP contribution in [0, 0.1) is 0 Å². The van der Waals surface area contributed by atoms with Crippen molar-refractivity contribution in [1.29, 1.82) is 0 Å². The minimum Gasteiger partial charge on any atom is -0.309 e. The Hall–Kier alpha value is -7.56. The van der Waals surface area contributed by atoms with Gasteiger partial charge in [0.25, 0.3) is 0 Å². The van der Waals surface area contributed by atoms with Gasteiger partial charge in [-0.25, -0.2) is 0 Å². The highest BCUT2D eigenvalue weighted by Gasteiger charge is 2.25. The van der Waals surface area contributed by atoms with Gasteiger partial charge in [0, 0.05) is 62.7 Å². The molecule has 0 amide bonds. The van der Waals surface area contributed by atoms with E-state index in [0.29, 0.717) is 0 Å². The van der Waals surface area contributed by atoms with Crippen molar-refractivity contribution in [2.45, 2.75) is 0 Å². The Bertz CT molecular complexity index is 3930. The van der Waals surface area contributed by atoms with E-state index >= 15 is 0 Å². The summed E-state index contributed by atoms with van der Waals surface area (Å²) < 4.78 is 5.27. The van der Waals surface area contributed by atoms with Crippen molar-refractivity contribution in [2.75, 3.05) is 4.90 Å². The van der Waals surface area contributed by atoms with Gasteiger partial charge in [-0.1, -0.05) is 182 Å². The summed E-state index contributed by atoms with van der Waals surface area (Å²) in [6.07, 6.45) is 0. The lowest BCUT2D eigenvalue weighted by Crippen LogP contribution is -2.12. The van der Waals surface area contributed by atoms with Gasteiger partial charge in [-0.3, -0.25) is 0 Å². The number of anilines is 3. The van der Waals surface area contributed by atoms with Crippen LogP contribution in [-0.4, -0.2) is 0 Å². The molecule has 0 aliphatic heterocycles. The number of hydrogen-bond acceptors (Lipinski definition) is 3. The van der Waals surface area contributed by atoms with Crippen LogP contribution in [0.1, 0.15) is 0 Å². The molecule has 0 unspecified atom stereocenters. The van der Waals surface area contributed by atoms with E-state index in [1.54, 1.807) is 0 Å². The van der Waals surface area contributed by atoms with Crippen molar-refractivity contribution in [2.24, 2.45) is 0 Å². The molecule has 0 saturated heterocycles. The molecule has 2 aromatic heterocycles. The van der Waals surface area contributed by atoms with Gasteiger partial charge in [0.05, 0.1) is 5.69 Å². The number of fused-ring (bicyclic) bond motifs is 10. The van der Waals surface area contributed by atoms with Crippen LogP contribution in [0.3, 0.4) is 0 Å². The van der Waals surface area contributed by atoms with Crippen LogP contribution in [0.5, 0.6) is 0 Å². The van der Waals surface area contributed by atoms with Crippen molar-refractivity contribution >= 4 is 112 Å². The zero-order valence-corrected chi connectivity index (χ0v) is 35.8. The van der Waals surface area contributed by atoms with Gasteiger partial charge < -0.3 is 4.90 Å². The van der Waals surface area contributed by atoms with E-state index < -0.39 is 0 Å². The highest BCUT2D eigenvalue weighted by molar-refractivity contribution is 7.26. The molecule has 0 aliphatic carbocycles. The zero-order valence-electron chi connectivity index (χ0n) is 34.1. The van der Waals surface area contributed by atoms with Crippen molar-refractivity contribution in [3.05, 3.63) is 224 Å². The highest BCUT2D eigenvalue weighted by Crippen LogP contribution is 2.51. The van der Waals surface area contributed by atoms with E-state index in [4.69, 9.17) is 0 Å². The summed E-state index contributed by atoms with van der Waals surface area (Å²) in [7, 11) is 0. The second-order valence-electron chi connectivity index (χ2n) is 16.4. The van der Waals surface area contributed by atoms with Crippen molar-refractivity contribution < 1.29 is 0 Å². The minimum absolute atomic E-state index is 1.10. The van der Waals surface area contributed by atoms with E-state index in [1.165, 1.54) is 106 Å². The molecule has 0 N–H and O–H groups in total. The molecule has 0 aliphatic rings. The summed E-state index contributed by atoms with van der Waals surface area (Å²) in [6, 6.07) is 83.1. The summed E-state index contributed by atoms with van der Waals surface area (Å²) >= 11 is 3.76. The molecule has 0 radical (unpaired) electrons. The second-order valence-corrected chi connectivity index (χ2v) is 18.5. The molecule has 0 saturated carbocycles. The van der Waals surface area contributed by atoms with Crippen LogP contribution in [-0.2, 0) is 0 Å². The van der Waals surface area contributed by atoms with Crippen molar-refractivity contribution in [3.63, 3.8) is 0 Å². The second kappa shape index (κ2) is 14.5. The van der Waals surface area contributed by atoms with Crippen LogP contribution in [0.25, 0.3) is 106 Å². The average Bonchev–Trinajstić information content (AvgIpc) is 3.93. The third kappa shape index (κ3) is 5.82. The van der Waals surface area contributed by atoms with Gasteiger partial charge in [0.2, 0.25) is 0 Å². The summed E-state index contributed by atoms with van der Waals surface area (Å²) in [5, 5.41) is 12.6. The van der Waals surface area contributed by atoms with Gasteiger partial charge >= 0.3 is 0 Å². The fourth-order valence-electron chi connectivity index (χ4n) is 9.95. The average molecular weight is 836 g/mol. The van der Waals surface area contributed by atoms with Crippen LogP contribution in [0.2, 0.25) is 0 Å². The molecule has 0 fully saturated rings. The van der Waals surface area contributed by atoms with Crippen LogP contribution in [0.15, 0.2) is 224 Å². The van der Waals surface area contributed by atoms with Gasteiger partial charge in [-0.05, 0) is 97.2 Å². The van der Waals surface area contributed by atoms with Gasteiger partial charge in [0.15, 0.2) is 0 Å². The Kier molecular flexibility index (Phi) is 8.33. The van der Waals surface area contributed by atoms with E-state index in [9.17, 15) is 0 Å². The summed E-state index contributed by atoms with van der Waals surface area (Å²) in [4.78, 5) is 2.53. The van der Waals surface area contributed by atoms with Gasteiger partial charge in [-0.2, -0.15) is 0 Å².